The van der Waals surface area contributed by atoms with Crippen molar-refractivity contribution < 1.29 is 9.90 Å². The second-order valence-corrected chi connectivity index (χ2v) is 3.82. The molecule has 0 saturated heterocycles. The van der Waals surface area contributed by atoms with E-state index < -0.39 is 5.97 Å². The fraction of sp³-hybridized carbons (Fsp3) is 0.167. The van der Waals surface area contributed by atoms with Crippen LogP contribution in [0.25, 0.3) is 0 Å². The molecule has 1 heterocycles. The molecule has 0 spiro atoms. The molecular formula is C6H5O2S2-. The molecule has 0 amide bonds. The molecule has 10 heavy (non-hydrogen) atoms. The quantitative estimate of drug-likeness (QED) is 0.628. The van der Waals surface area contributed by atoms with Gasteiger partial charge in [-0.2, -0.15) is 0 Å². The number of hydrogen-bond acceptors (Lipinski definition) is 4. The molecule has 0 aromatic carbocycles. The fourth-order valence-electron chi connectivity index (χ4n) is 0.476. The highest BCUT2D eigenvalue weighted by molar-refractivity contribution is 8.01. The van der Waals surface area contributed by atoms with Crippen molar-refractivity contribution in [1.29, 1.82) is 0 Å². The predicted octanol–water partition coefficient (Wildman–Crippen LogP) is 0.590. The molecule has 1 aromatic heterocycles. The Hall–Kier alpha value is -0.480. The van der Waals surface area contributed by atoms with E-state index in [4.69, 9.17) is 0 Å². The van der Waals surface area contributed by atoms with E-state index >= 15 is 0 Å². The van der Waals surface area contributed by atoms with Gasteiger partial charge in [0.05, 0.1) is 10.2 Å². The Morgan fingerprint density at radius 3 is 3.10 bits per heavy atom. The summed E-state index contributed by atoms with van der Waals surface area (Å²) in [6, 6.07) is 3.78. The smallest absolute Gasteiger partial charge is 0.0602 e. The van der Waals surface area contributed by atoms with Crippen LogP contribution in [0.5, 0.6) is 0 Å². The van der Waals surface area contributed by atoms with Crippen molar-refractivity contribution in [2.75, 3.05) is 5.75 Å². The van der Waals surface area contributed by atoms with Crippen LogP contribution in [0.1, 0.15) is 0 Å². The van der Waals surface area contributed by atoms with E-state index in [1.807, 2.05) is 17.5 Å². The van der Waals surface area contributed by atoms with Crippen molar-refractivity contribution in [2.24, 2.45) is 0 Å². The van der Waals surface area contributed by atoms with Crippen molar-refractivity contribution in [3.8, 4) is 0 Å². The Kier molecular flexibility index (Phi) is 2.77. The molecule has 0 bridgehead atoms. The molecule has 54 valence electrons. The zero-order valence-corrected chi connectivity index (χ0v) is 6.71. The van der Waals surface area contributed by atoms with Crippen LogP contribution in [-0.4, -0.2) is 11.7 Å². The Bertz CT molecular complexity index is 206. The van der Waals surface area contributed by atoms with Crippen LogP contribution in [0.15, 0.2) is 21.7 Å². The fourth-order valence-corrected chi connectivity index (χ4v) is 1.97. The lowest BCUT2D eigenvalue weighted by Crippen LogP contribution is -2.24. The third-order valence-corrected chi connectivity index (χ3v) is 2.93. The molecule has 0 aliphatic carbocycles. The monoisotopic (exact) mass is 173 g/mol. The number of thiophene rings is 1. The second kappa shape index (κ2) is 3.63. The SMILES string of the molecule is O=C([O-])CSc1cccs1. The largest absolute Gasteiger partial charge is 0.549 e. The minimum atomic E-state index is -1.02. The summed E-state index contributed by atoms with van der Waals surface area (Å²) in [5.74, 6) is -0.973. The first kappa shape index (κ1) is 7.63. The number of carbonyl (C=O) groups excluding carboxylic acids is 1. The van der Waals surface area contributed by atoms with Crippen molar-refractivity contribution in [1.82, 2.24) is 0 Å². The van der Waals surface area contributed by atoms with Crippen molar-refractivity contribution in [2.45, 2.75) is 4.21 Å². The number of thioether (sulfide) groups is 1. The van der Waals surface area contributed by atoms with Crippen molar-refractivity contribution in [3.63, 3.8) is 0 Å². The van der Waals surface area contributed by atoms with Gasteiger partial charge in [0.25, 0.3) is 0 Å². The highest BCUT2D eigenvalue weighted by Crippen LogP contribution is 2.22. The summed E-state index contributed by atoms with van der Waals surface area (Å²) in [4.78, 5) is 9.97. The lowest BCUT2D eigenvalue weighted by Gasteiger charge is -1.97. The van der Waals surface area contributed by atoms with Gasteiger partial charge in [0.15, 0.2) is 0 Å². The molecule has 4 heteroatoms. The number of aliphatic carboxylic acids is 1. The Balaban J connectivity index is 2.35. The maximum atomic E-state index is 9.97. The summed E-state index contributed by atoms with van der Waals surface area (Å²) >= 11 is 2.83. The molecule has 0 aliphatic rings. The first-order valence-electron chi connectivity index (χ1n) is 2.65. The summed E-state index contributed by atoms with van der Waals surface area (Å²) in [7, 11) is 0. The van der Waals surface area contributed by atoms with Crippen molar-refractivity contribution >= 4 is 29.1 Å². The number of carbonyl (C=O) groups is 1. The van der Waals surface area contributed by atoms with E-state index in [1.165, 1.54) is 23.1 Å². The molecule has 0 unspecified atom stereocenters. The van der Waals surface area contributed by atoms with Crippen LogP contribution in [0.2, 0.25) is 0 Å². The lowest BCUT2D eigenvalue weighted by atomic mass is 10.7. The topological polar surface area (TPSA) is 40.1 Å². The summed E-state index contributed by atoms with van der Waals surface area (Å²) in [5, 5.41) is 11.9. The minimum Gasteiger partial charge on any atom is -0.549 e. The molecule has 0 aliphatic heterocycles. The van der Waals surface area contributed by atoms with Crippen LogP contribution in [0, 0.1) is 0 Å². The summed E-state index contributed by atoms with van der Waals surface area (Å²) < 4.78 is 1.02. The number of hydrogen-bond donors (Lipinski definition) is 0. The molecule has 1 rings (SSSR count). The molecule has 2 nitrogen and oxygen atoms in total. The van der Waals surface area contributed by atoms with Crippen LogP contribution in [0.3, 0.4) is 0 Å². The zero-order chi connectivity index (χ0) is 7.40. The third kappa shape index (κ3) is 2.41. The maximum Gasteiger partial charge on any atom is 0.0602 e. The first-order chi connectivity index (χ1) is 4.79. The number of carboxylic acid groups (broad SMARTS) is 1. The Morgan fingerprint density at radius 1 is 1.80 bits per heavy atom. The van der Waals surface area contributed by atoms with Crippen LogP contribution < -0.4 is 5.11 Å². The van der Waals surface area contributed by atoms with Gasteiger partial charge in [0.2, 0.25) is 0 Å². The highest BCUT2D eigenvalue weighted by atomic mass is 32.2. The lowest BCUT2D eigenvalue weighted by molar-refractivity contribution is -0.301. The minimum absolute atomic E-state index is 0.0422. The van der Waals surface area contributed by atoms with Gasteiger partial charge in [-0.25, -0.2) is 0 Å². The molecule has 0 N–H and O–H groups in total. The van der Waals surface area contributed by atoms with Gasteiger partial charge in [0.1, 0.15) is 0 Å². The summed E-state index contributed by atoms with van der Waals surface area (Å²) in [6.45, 7) is 0. The molecule has 1 aromatic rings. The van der Waals surface area contributed by atoms with E-state index in [9.17, 15) is 9.90 Å². The normalized spacial score (nSPS) is 9.60. The molecule has 0 atom stereocenters. The van der Waals surface area contributed by atoms with Gasteiger partial charge in [-0.15, -0.1) is 23.1 Å². The van der Waals surface area contributed by atoms with E-state index in [-0.39, 0.29) is 5.75 Å². The highest BCUT2D eigenvalue weighted by Gasteiger charge is 1.92. The Labute approximate surface area is 66.9 Å². The summed E-state index contributed by atoms with van der Waals surface area (Å²) in [6.07, 6.45) is 0. The Morgan fingerprint density at radius 2 is 2.60 bits per heavy atom. The van der Waals surface area contributed by atoms with Gasteiger partial charge in [0, 0.05) is 5.75 Å². The van der Waals surface area contributed by atoms with Crippen LogP contribution >= 0.6 is 23.1 Å². The first-order valence-corrected chi connectivity index (χ1v) is 4.52. The van der Waals surface area contributed by atoms with E-state index in [0.29, 0.717) is 0 Å². The molecular weight excluding hydrogens is 168 g/mol. The van der Waals surface area contributed by atoms with Crippen LogP contribution in [0.4, 0.5) is 0 Å². The van der Waals surface area contributed by atoms with E-state index in [1.54, 1.807) is 0 Å². The average Bonchev–Trinajstić information content (AvgIpc) is 2.34. The zero-order valence-electron chi connectivity index (χ0n) is 5.07. The molecule has 0 saturated carbocycles. The van der Waals surface area contributed by atoms with E-state index in [0.717, 1.165) is 4.21 Å². The summed E-state index contributed by atoms with van der Waals surface area (Å²) in [5.41, 5.74) is 0. The van der Waals surface area contributed by atoms with Crippen molar-refractivity contribution in [3.05, 3.63) is 17.5 Å². The van der Waals surface area contributed by atoms with E-state index in [2.05, 4.69) is 0 Å². The molecule has 0 radical (unpaired) electrons. The van der Waals surface area contributed by atoms with Gasteiger partial charge in [-0.05, 0) is 11.4 Å². The molecule has 0 fully saturated rings. The standard InChI is InChI=1S/C6H6O2S2/c7-5(8)4-10-6-2-1-3-9-6/h1-3H,4H2,(H,7,8)/p-1. The second-order valence-electron chi connectivity index (χ2n) is 1.59. The third-order valence-electron chi connectivity index (χ3n) is 0.827. The van der Waals surface area contributed by atoms with Gasteiger partial charge >= 0.3 is 0 Å². The average molecular weight is 173 g/mol. The van der Waals surface area contributed by atoms with Crippen LogP contribution in [-0.2, 0) is 4.79 Å². The number of rotatable bonds is 3. The maximum absolute atomic E-state index is 9.97. The van der Waals surface area contributed by atoms with Gasteiger partial charge < -0.3 is 9.90 Å². The number of carboxylic acids is 1. The van der Waals surface area contributed by atoms with Gasteiger partial charge in [-0.1, -0.05) is 6.07 Å². The predicted molar refractivity (Wildman–Crippen MR) is 40.1 cm³/mol. The van der Waals surface area contributed by atoms with Gasteiger partial charge in [-0.3, -0.25) is 0 Å².